The van der Waals surface area contributed by atoms with Crippen LogP contribution in [0.3, 0.4) is 0 Å². The summed E-state index contributed by atoms with van der Waals surface area (Å²) in [4.78, 5) is 35.5. The fourth-order valence-corrected chi connectivity index (χ4v) is 3.51. The minimum Gasteiger partial charge on any atom is -0.325 e. The number of nitrogens with two attached hydrogens (primary N) is 1. The Morgan fingerprint density at radius 1 is 1.06 bits per heavy atom. The van der Waals surface area contributed by atoms with Crippen molar-refractivity contribution in [1.82, 2.24) is 14.4 Å². The van der Waals surface area contributed by atoms with E-state index in [2.05, 4.69) is 21.4 Å². The lowest BCUT2D eigenvalue weighted by atomic mass is 10.0. The van der Waals surface area contributed by atoms with Crippen molar-refractivity contribution in [2.24, 2.45) is 11.7 Å². The third-order valence-corrected chi connectivity index (χ3v) is 5.77. The third kappa shape index (κ3) is 4.88. The highest BCUT2D eigenvalue weighted by Gasteiger charge is 2.19. The Morgan fingerprint density at radius 3 is 2.37 bits per heavy atom. The van der Waals surface area contributed by atoms with E-state index in [1.54, 1.807) is 66.4 Å². The molecule has 4 aromatic rings. The topological polar surface area (TPSA) is 129 Å². The Kier molecular flexibility index (Phi) is 6.57. The van der Waals surface area contributed by atoms with E-state index in [0.717, 1.165) is 11.3 Å². The van der Waals surface area contributed by atoms with Crippen LogP contribution in [0.1, 0.15) is 29.9 Å². The quantitative estimate of drug-likeness (QED) is 0.447. The molecule has 35 heavy (non-hydrogen) atoms. The Labute approximate surface area is 202 Å². The molecule has 0 saturated heterocycles. The number of hydrogen-bond donors (Lipinski definition) is 2. The molecule has 2 amide bonds. The zero-order chi connectivity index (χ0) is 25.1. The summed E-state index contributed by atoms with van der Waals surface area (Å²) in [6.07, 6.45) is 4.90. The van der Waals surface area contributed by atoms with Gasteiger partial charge in [-0.2, -0.15) is 5.26 Å². The van der Waals surface area contributed by atoms with Gasteiger partial charge >= 0.3 is 0 Å². The fourth-order valence-electron chi connectivity index (χ4n) is 3.51. The van der Waals surface area contributed by atoms with Crippen molar-refractivity contribution in [3.63, 3.8) is 0 Å². The smallest absolute Gasteiger partial charge is 0.278 e. The summed E-state index contributed by atoms with van der Waals surface area (Å²) < 4.78 is 1.80. The van der Waals surface area contributed by atoms with Crippen LogP contribution in [0.5, 0.6) is 0 Å². The summed E-state index contributed by atoms with van der Waals surface area (Å²) in [5.41, 5.74) is 10.2. The highest BCUT2D eigenvalue weighted by atomic mass is 16.2. The Hall–Kier alpha value is -4.55. The summed E-state index contributed by atoms with van der Waals surface area (Å²) in [5, 5.41) is 11.8. The second kappa shape index (κ2) is 9.75. The SMILES string of the molecule is CC(C)C(N)C(=O)Nc1ccc(-c2cnc3cnc(C(=O)N(C)c4ccc(C#N)cc4)cn23)cc1. The van der Waals surface area contributed by atoms with Gasteiger partial charge in [-0.15, -0.1) is 0 Å². The van der Waals surface area contributed by atoms with Crippen molar-refractivity contribution in [2.45, 2.75) is 19.9 Å². The first-order valence-electron chi connectivity index (χ1n) is 11.1. The first kappa shape index (κ1) is 23.6. The molecule has 1 unspecified atom stereocenters. The molecule has 0 bridgehead atoms. The number of carbonyl (C=O) groups excluding carboxylic acids is 2. The van der Waals surface area contributed by atoms with Gasteiger partial charge in [0.05, 0.1) is 35.8 Å². The molecule has 3 N–H and O–H groups in total. The van der Waals surface area contributed by atoms with E-state index in [1.807, 2.05) is 26.0 Å². The molecule has 0 spiro atoms. The number of anilines is 2. The van der Waals surface area contributed by atoms with Crippen LogP contribution in [0, 0.1) is 17.2 Å². The third-order valence-electron chi connectivity index (χ3n) is 5.77. The number of imidazole rings is 1. The van der Waals surface area contributed by atoms with Gasteiger partial charge < -0.3 is 16.0 Å². The summed E-state index contributed by atoms with van der Waals surface area (Å²) in [6.45, 7) is 3.79. The first-order chi connectivity index (χ1) is 16.8. The maximum absolute atomic E-state index is 13.1. The largest absolute Gasteiger partial charge is 0.325 e. The van der Waals surface area contributed by atoms with Gasteiger partial charge in [-0.25, -0.2) is 9.97 Å². The normalized spacial score (nSPS) is 11.8. The molecule has 0 radical (unpaired) electrons. The van der Waals surface area contributed by atoms with Gasteiger partial charge in [0.1, 0.15) is 5.69 Å². The Balaban J connectivity index is 1.58. The van der Waals surface area contributed by atoms with Crippen LogP contribution in [-0.4, -0.2) is 39.3 Å². The molecule has 0 fully saturated rings. The minimum absolute atomic E-state index is 0.0360. The first-order valence-corrected chi connectivity index (χ1v) is 11.1. The molecule has 0 aliphatic heterocycles. The lowest BCUT2D eigenvalue weighted by Gasteiger charge is -2.17. The predicted molar refractivity (Wildman–Crippen MR) is 134 cm³/mol. The van der Waals surface area contributed by atoms with Gasteiger partial charge in [0.25, 0.3) is 5.91 Å². The van der Waals surface area contributed by atoms with E-state index in [0.29, 0.717) is 22.6 Å². The lowest BCUT2D eigenvalue weighted by Crippen LogP contribution is -2.39. The number of nitriles is 1. The maximum Gasteiger partial charge on any atom is 0.278 e. The van der Waals surface area contributed by atoms with Crippen LogP contribution in [0.15, 0.2) is 67.1 Å². The predicted octanol–water partition coefficient (Wildman–Crippen LogP) is 3.47. The van der Waals surface area contributed by atoms with E-state index >= 15 is 0 Å². The number of amides is 2. The van der Waals surface area contributed by atoms with Crippen molar-refractivity contribution in [3.8, 4) is 17.3 Å². The van der Waals surface area contributed by atoms with Gasteiger partial charge in [0.2, 0.25) is 5.91 Å². The Morgan fingerprint density at radius 2 is 1.74 bits per heavy atom. The van der Waals surface area contributed by atoms with Gasteiger partial charge in [-0.1, -0.05) is 26.0 Å². The number of nitrogens with zero attached hydrogens (tertiary/aromatic N) is 5. The molecular formula is C26H25N7O2. The van der Waals surface area contributed by atoms with Crippen molar-refractivity contribution < 1.29 is 9.59 Å². The number of hydrogen-bond acceptors (Lipinski definition) is 6. The maximum atomic E-state index is 13.1. The summed E-state index contributed by atoms with van der Waals surface area (Å²) >= 11 is 0. The van der Waals surface area contributed by atoms with E-state index in [9.17, 15) is 9.59 Å². The molecule has 176 valence electrons. The number of aromatic nitrogens is 3. The van der Waals surface area contributed by atoms with E-state index in [4.69, 9.17) is 11.0 Å². The standard InChI is InChI=1S/C26H25N7O2/c1-16(2)24(28)25(34)31-19-8-6-18(7-9-19)22-13-30-23-14-29-21(15-33(22)23)26(35)32(3)20-10-4-17(12-27)5-11-20/h4-11,13-16,24H,28H2,1-3H3,(H,31,34). The lowest BCUT2D eigenvalue weighted by molar-refractivity contribution is -0.118. The van der Waals surface area contributed by atoms with Crippen LogP contribution < -0.4 is 16.0 Å². The van der Waals surface area contributed by atoms with Crippen LogP contribution in [0.2, 0.25) is 0 Å². The van der Waals surface area contributed by atoms with E-state index in [1.165, 1.54) is 4.90 Å². The van der Waals surface area contributed by atoms with Crippen LogP contribution in [0.4, 0.5) is 11.4 Å². The highest BCUT2D eigenvalue weighted by molar-refractivity contribution is 6.04. The van der Waals surface area contributed by atoms with E-state index < -0.39 is 6.04 Å². The number of rotatable bonds is 6. The fraction of sp³-hybridized carbons (Fsp3) is 0.192. The summed E-state index contributed by atoms with van der Waals surface area (Å²) in [6, 6.07) is 15.6. The van der Waals surface area contributed by atoms with Crippen LogP contribution >= 0.6 is 0 Å². The molecule has 2 heterocycles. The van der Waals surface area contributed by atoms with Gasteiger partial charge in [0.15, 0.2) is 5.65 Å². The molecule has 1 atom stereocenters. The minimum atomic E-state index is -0.584. The zero-order valence-electron chi connectivity index (χ0n) is 19.6. The highest BCUT2D eigenvalue weighted by Crippen LogP contribution is 2.24. The number of fused-ring (bicyclic) bond motifs is 1. The van der Waals surface area contributed by atoms with E-state index in [-0.39, 0.29) is 23.4 Å². The van der Waals surface area contributed by atoms with Crippen molar-refractivity contribution >= 4 is 28.8 Å². The van der Waals surface area contributed by atoms with Crippen LogP contribution in [0.25, 0.3) is 16.9 Å². The molecule has 0 saturated carbocycles. The number of benzene rings is 2. The zero-order valence-corrected chi connectivity index (χ0v) is 19.6. The number of carbonyl (C=O) groups is 2. The molecule has 0 aliphatic carbocycles. The van der Waals surface area contributed by atoms with Crippen molar-refractivity contribution in [3.05, 3.63) is 78.4 Å². The number of nitrogens with one attached hydrogen (secondary N) is 1. The van der Waals surface area contributed by atoms with Crippen LogP contribution in [-0.2, 0) is 4.79 Å². The molecular weight excluding hydrogens is 442 g/mol. The summed E-state index contributed by atoms with van der Waals surface area (Å²) in [5.74, 6) is -0.493. The summed E-state index contributed by atoms with van der Waals surface area (Å²) in [7, 11) is 1.66. The molecule has 2 aromatic heterocycles. The molecule has 2 aromatic carbocycles. The second-order valence-electron chi connectivity index (χ2n) is 8.50. The Bertz CT molecular complexity index is 1420. The molecule has 0 aliphatic rings. The average Bonchev–Trinajstić information content (AvgIpc) is 3.31. The molecule has 4 rings (SSSR count). The van der Waals surface area contributed by atoms with Crippen molar-refractivity contribution in [1.29, 1.82) is 5.26 Å². The van der Waals surface area contributed by atoms with Gasteiger partial charge in [-0.05, 0) is 42.3 Å². The second-order valence-corrected chi connectivity index (χ2v) is 8.50. The molecule has 9 heteroatoms. The monoisotopic (exact) mass is 467 g/mol. The van der Waals surface area contributed by atoms with Crippen molar-refractivity contribution in [2.75, 3.05) is 17.3 Å². The molecule has 9 nitrogen and oxygen atoms in total. The van der Waals surface area contributed by atoms with Gasteiger partial charge in [0, 0.05) is 30.2 Å². The average molecular weight is 468 g/mol. The van der Waals surface area contributed by atoms with Gasteiger partial charge in [-0.3, -0.25) is 14.0 Å².